The minimum Gasteiger partial charge on any atom is -0.372 e. The SMILES string of the molecule is CCC1CN(c2c(C#N)cnc3c(C)cc(C)cc23)CC(C)O1. The lowest BCUT2D eigenvalue weighted by atomic mass is 10.0. The lowest BCUT2D eigenvalue weighted by Gasteiger charge is -2.38. The van der Waals surface area contributed by atoms with Crippen LogP contribution in [0.5, 0.6) is 0 Å². The molecule has 4 heteroatoms. The second kappa shape index (κ2) is 6.17. The Balaban J connectivity index is 2.20. The van der Waals surface area contributed by atoms with E-state index in [4.69, 9.17) is 4.74 Å². The van der Waals surface area contributed by atoms with Gasteiger partial charge in [-0.15, -0.1) is 0 Å². The maximum Gasteiger partial charge on any atom is 0.103 e. The highest BCUT2D eigenvalue weighted by molar-refractivity contribution is 5.96. The average molecular weight is 309 g/mol. The summed E-state index contributed by atoms with van der Waals surface area (Å²) >= 11 is 0. The number of fused-ring (bicyclic) bond motifs is 1. The molecule has 1 aliphatic heterocycles. The summed E-state index contributed by atoms with van der Waals surface area (Å²) in [7, 11) is 0. The molecule has 0 aliphatic carbocycles. The zero-order valence-electron chi connectivity index (χ0n) is 14.3. The Morgan fingerprint density at radius 3 is 2.83 bits per heavy atom. The van der Waals surface area contributed by atoms with E-state index in [1.54, 1.807) is 6.20 Å². The van der Waals surface area contributed by atoms with Gasteiger partial charge in [0.15, 0.2) is 0 Å². The molecule has 4 nitrogen and oxygen atoms in total. The van der Waals surface area contributed by atoms with Crippen LogP contribution in [-0.2, 0) is 4.74 Å². The van der Waals surface area contributed by atoms with Gasteiger partial charge in [-0.25, -0.2) is 0 Å². The quantitative estimate of drug-likeness (QED) is 0.848. The van der Waals surface area contributed by atoms with E-state index >= 15 is 0 Å². The van der Waals surface area contributed by atoms with Crippen LogP contribution in [0.1, 0.15) is 37.0 Å². The Labute approximate surface area is 137 Å². The van der Waals surface area contributed by atoms with Crippen molar-refractivity contribution in [3.05, 3.63) is 35.0 Å². The largest absolute Gasteiger partial charge is 0.372 e. The van der Waals surface area contributed by atoms with Crippen LogP contribution in [0.15, 0.2) is 18.3 Å². The molecular weight excluding hydrogens is 286 g/mol. The first-order chi connectivity index (χ1) is 11.0. The summed E-state index contributed by atoms with van der Waals surface area (Å²) in [6.45, 7) is 10.0. The van der Waals surface area contributed by atoms with Crippen molar-refractivity contribution in [2.75, 3.05) is 18.0 Å². The first kappa shape index (κ1) is 15.8. The molecule has 2 heterocycles. The number of pyridine rings is 1. The van der Waals surface area contributed by atoms with Crippen LogP contribution in [0.2, 0.25) is 0 Å². The third kappa shape index (κ3) is 2.89. The Morgan fingerprint density at radius 1 is 1.35 bits per heavy atom. The minimum atomic E-state index is 0.161. The summed E-state index contributed by atoms with van der Waals surface area (Å²) < 4.78 is 5.98. The average Bonchev–Trinajstić information content (AvgIpc) is 2.52. The van der Waals surface area contributed by atoms with Crippen molar-refractivity contribution in [2.24, 2.45) is 0 Å². The zero-order chi connectivity index (χ0) is 16.6. The van der Waals surface area contributed by atoms with Gasteiger partial charge in [-0.1, -0.05) is 18.6 Å². The third-order valence-corrected chi connectivity index (χ3v) is 4.50. The van der Waals surface area contributed by atoms with Gasteiger partial charge in [0.2, 0.25) is 0 Å². The Hall–Kier alpha value is -2.12. The van der Waals surface area contributed by atoms with Gasteiger partial charge in [-0.05, 0) is 38.8 Å². The van der Waals surface area contributed by atoms with Crippen molar-refractivity contribution in [3.63, 3.8) is 0 Å². The molecule has 23 heavy (non-hydrogen) atoms. The molecule has 0 bridgehead atoms. The maximum absolute atomic E-state index is 9.59. The molecule has 1 aliphatic rings. The molecule has 1 fully saturated rings. The van der Waals surface area contributed by atoms with E-state index in [1.165, 1.54) is 5.56 Å². The van der Waals surface area contributed by atoms with Gasteiger partial charge < -0.3 is 9.64 Å². The topological polar surface area (TPSA) is 49.2 Å². The molecule has 1 aromatic heterocycles. The van der Waals surface area contributed by atoms with Crippen molar-refractivity contribution < 1.29 is 4.74 Å². The number of hydrogen-bond acceptors (Lipinski definition) is 4. The lowest BCUT2D eigenvalue weighted by Crippen LogP contribution is -2.46. The van der Waals surface area contributed by atoms with Crippen LogP contribution in [0.4, 0.5) is 5.69 Å². The number of ether oxygens (including phenoxy) is 1. The van der Waals surface area contributed by atoms with E-state index in [9.17, 15) is 5.26 Å². The number of morpholine rings is 1. The number of benzene rings is 1. The van der Waals surface area contributed by atoms with E-state index in [1.807, 2.05) is 0 Å². The number of aryl methyl sites for hydroxylation is 2. The summed E-state index contributed by atoms with van der Waals surface area (Å²) in [5, 5.41) is 10.7. The predicted molar refractivity (Wildman–Crippen MR) is 92.8 cm³/mol. The Morgan fingerprint density at radius 2 is 2.13 bits per heavy atom. The van der Waals surface area contributed by atoms with Gasteiger partial charge in [-0.3, -0.25) is 4.98 Å². The van der Waals surface area contributed by atoms with E-state index < -0.39 is 0 Å². The van der Waals surface area contributed by atoms with E-state index in [-0.39, 0.29) is 12.2 Å². The molecule has 1 aromatic carbocycles. The van der Waals surface area contributed by atoms with Crippen molar-refractivity contribution in [1.29, 1.82) is 5.26 Å². The zero-order valence-corrected chi connectivity index (χ0v) is 14.3. The van der Waals surface area contributed by atoms with Crippen molar-refractivity contribution >= 4 is 16.6 Å². The summed E-state index contributed by atoms with van der Waals surface area (Å²) in [6, 6.07) is 6.61. The van der Waals surface area contributed by atoms with Crippen molar-refractivity contribution in [2.45, 2.75) is 46.3 Å². The highest BCUT2D eigenvalue weighted by atomic mass is 16.5. The molecule has 3 rings (SSSR count). The third-order valence-electron chi connectivity index (χ3n) is 4.50. The van der Waals surface area contributed by atoms with Crippen LogP contribution in [-0.4, -0.2) is 30.3 Å². The second-order valence-corrected chi connectivity index (χ2v) is 6.49. The fourth-order valence-corrected chi connectivity index (χ4v) is 3.52. The fourth-order valence-electron chi connectivity index (χ4n) is 3.52. The fraction of sp³-hybridized carbons (Fsp3) is 0.474. The van der Waals surface area contributed by atoms with Crippen LogP contribution in [0, 0.1) is 25.2 Å². The summed E-state index contributed by atoms with van der Waals surface area (Å²) in [5.41, 5.74) is 4.99. The molecule has 0 radical (unpaired) electrons. The van der Waals surface area contributed by atoms with Gasteiger partial charge in [-0.2, -0.15) is 5.26 Å². The number of hydrogen-bond donors (Lipinski definition) is 0. The van der Waals surface area contributed by atoms with Gasteiger partial charge in [0.1, 0.15) is 6.07 Å². The molecular formula is C19H23N3O. The number of aromatic nitrogens is 1. The lowest BCUT2D eigenvalue weighted by molar-refractivity contribution is -0.0171. The van der Waals surface area contributed by atoms with Gasteiger partial charge in [0.25, 0.3) is 0 Å². The molecule has 0 amide bonds. The Bertz CT molecular complexity index is 778. The highest BCUT2D eigenvalue weighted by Crippen LogP contribution is 2.33. The molecule has 1 saturated heterocycles. The van der Waals surface area contributed by atoms with Crippen molar-refractivity contribution in [1.82, 2.24) is 4.98 Å². The molecule has 120 valence electrons. The number of nitriles is 1. The number of anilines is 1. The highest BCUT2D eigenvalue weighted by Gasteiger charge is 2.27. The smallest absolute Gasteiger partial charge is 0.103 e. The second-order valence-electron chi connectivity index (χ2n) is 6.49. The van der Waals surface area contributed by atoms with Crippen LogP contribution < -0.4 is 4.90 Å². The molecule has 0 N–H and O–H groups in total. The van der Waals surface area contributed by atoms with E-state index in [2.05, 4.69) is 55.8 Å². The first-order valence-corrected chi connectivity index (χ1v) is 8.24. The van der Waals surface area contributed by atoms with E-state index in [0.717, 1.165) is 41.7 Å². The van der Waals surface area contributed by atoms with Gasteiger partial charge >= 0.3 is 0 Å². The van der Waals surface area contributed by atoms with Crippen LogP contribution in [0.3, 0.4) is 0 Å². The standard InChI is InChI=1S/C19H23N3O/c1-5-16-11-22(10-14(4)23-16)19-15(8-20)9-21-18-13(3)6-12(2)7-17(18)19/h6-7,9,14,16H,5,10-11H2,1-4H3. The predicted octanol–water partition coefficient (Wildman–Crippen LogP) is 3.73. The summed E-state index contributed by atoms with van der Waals surface area (Å²) in [5.74, 6) is 0. The van der Waals surface area contributed by atoms with Gasteiger partial charge in [0, 0.05) is 24.7 Å². The summed E-state index contributed by atoms with van der Waals surface area (Å²) in [4.78, 5) is 6.84. The van der Waals surface area contributed by atoms with Gasteiger partial charge in [0.05, 0.1) is 29.0 Å². The molecule has 2 aromatic rings. The van der Waals surface area contributed by atoms with Crippen LogP contribution >= 0.6 is 0 Å². The molecule has 0 spiro atoms. The number of nitrogens with zero attached hydrogens (tertiary/aromatic N) is 3. The normalized spacial score (nSPS) is 21.4. The van der Waals surface area contributed by atoms with Crippen LogP contribution in [0.25, 0.3) is 10.9 Å². The number of rotatable bonds is 2. The monoisotopic (exact) mass is 309 g/mol. The molecule has 2 unspecified atom stereocenters. The Kier molecular flexibility index (Phi) is 4.23. The molecule has 2 atom stereocenters. The van der Waals surface area contributed by atoms with Crippen molar-refractivity contribution in [3.8, 4) is 6.07 Å². The van der Waals surface area contributed by atoms with E-state index in [0.29, 0.717) is 5.56 Å². The summed E-state index contributed by atoms with van der Waals surface area (Å²) in [6.07, 6.45) is 3.05. The maximum atomic E-state index is 9.59. The molecule has 0 saturated carbocycles. The minimum absolute atomic E-state index is 0.161. The first-order valence-electron chi connectivity index (χ1n) is 8.24.